The second-order valence-electron chi connectivity index (χ2n) is 19.2. The normalized spacial score (nSPS) is 23.2. The smallest absolute Gasteiger partial charge is 0.407 e. The van der Waals surface area contributed by atoms with Gasteiger partial charge < -0.3 is 44.6 Å². The third-order valence-electron chi connectivity index (χ3n) is 14.9. The number of hydrogen-bond acceptors (Lipinski definition) is 9. The molecule has 0 radical (unpaired) electrons. The van der Waals surface area contributed by atoms with E-state index in [1.165, 1.54) is 14.2 Å². The Hall–Kier alpha value is -6.22. The van der Waals surface area contributed by atoms with Crippen LogP contribution in [0.15, 0.2) is 73.1 Å². The molecule has 10 rings (SSSR count). The quantitative estimate of drug-likeness (QED) is 0.102. The summed E-state index contributed by atoms with van der Waals surface area (Å²) in [6, 6.07) is 19.7. The second kappa shape index (κ2) is 17.3. The van der Waals surface area contributed by atoms with Crippen molar-refractivity contribution in [2.75, 3.05) is 34.0 Å². The SMILES string of the molecule is COC(=O)NC(C(=O)N1CC2(CC2)C[C@H]1c1ncc(-c2ccc3cc(-c4ccc(-c5cnc([C@@H]6[C@H]7CC[C@H](C7)N6C(=O)[C@@H](NC(=O)OC)C6CCOCC6)[nH]5)cc4)ccc3c2)[nH]1)C(C)C. The van der Waals surface area contributed by atoms with Crippen molar-refractivity contribution < 1.29 is 33.4 Å². The third kappa shape index (κ3) is 8.23. The third-order valence-corrected chi connectivity index (χ3v) is 14.9. The topological polar surface area (TPSA) is 184 Å². The van der Waals surface area contributed by atoms with Gasteiger partial charge in [0, 0.05) is 31.4 Å². The highest BCUT2D eigenvalue weighted by molar-refractivity contribution is 5.91. The number of ether oxygens (including phenoxy) is 3. The number of benzene rings is 3. The summed E-state index contributed by atoms with van der Waals surface area (Å²) >= 11 is 0. The van der Waals surface area contributed by atoms with Crippen LogP contribution in [0.1, 0.15) is 88.9 Å². The molecule has 2 aliphatic carbocycles. The molecule has 4 N–H and O–H groups in total. The molecule has 5 aliphatic rings. The summed E-state index contributed by atoms with van der Waals surface area (Å²) in [5, 5.41) is 7.84. The summed E-state index contributed by atoms with van der Waals surface area (Å²) in [5.74, 6) is 1.54. The molecule has 5 fully saturated rings. The number of fused-ring (bicyclic) bond motifs is 3. The molecule has 15 heteroatoms. The molecule has 15 nitrogen and oxygen atoms in total. The van der Waals surface area contributed by atoms with Gasteiger partial charge in [-0.2, -0.15) is 0 Å². The van der Waals surface area contributed by atoms with Crippen molar-refractivity contribution in [2.45, 2.75) is 95.4 Å². The first-order chi connectivity index (χ1) is 31.5. The predicted octanol–water partition coefficient (Wildman–Crippen LogP) is 7.92. The maximum Gasteiger partial charge on any atom is 0.407 e. The zero-order chi connectivity index (χ0) is 45.0. The molecule has 6 atom stereocenters. The number of H-pyrrole nitrogens is 2. The van der Waals surface area contributed by atoms with E-state index in [2.05, 4.69) is 81.3 Å². The van der Waals surface area contributed by atoms with Gasteiger partial charge in [0.1, 0.15) is 23.7 Å². The summed E-state index contributed by atoms with van der Waals surface area (Å²) in [6.07, 6.45) is 9.84. The number of hydrogen-bond donors (Lipinski definition) is 4. The lowest BCUT2D eigenvalue weighted by molar-refractivity contribution is -0.140. The van der Waals surface area contributed by atoms with Crippen molar-refractivity contribution in [3.63, 3.8) is 0 Å². The maximum absolute atomic E-state index is 14.4. The minimum absolute atomic E-state index is 0.0233. The Morgan fingerprint density at radius 1 is 0.754 bits per heavy atom. The lowest BCUT2D eigenvalue weighted by Crippen LogP contribution is -2.55. The Morgan fingerprint density at radius 3 is 2.06 bits per heavy atom. The molecule has 1 spiro atoms. The average Bonchev–Trinajstić information content (AvgIpc) is 3.97. The minimum atomic E-state index is -0.689. The second-order valence-corrected chi connectivity index (χ2v) is 19.2. The Morgan fingerprint density at radius 2 is 1.37 bits per heavy atom. The van der Waals surface area contributed by atoms with Crippen molar-refractivity contribution in [2.24, 2.45) is 23.2 Å². The van der Waals surface area contributed by atoms with Crippen molar-refractivity contribution >= 4 is 34.8 Å². The molecule has 4 amide bonds. The number of carbonyl (C=O) groups is 4. The highest BCUT2D eigenvalue weighted by atomic mass is 16.5. The number of piperidine rings is 1. The largest absolute Gasteiger partial charge is 0.453 e. The number of methoxy groups -OCH3 is 2. The number of imidazole rings is 2. The highest BCUT2D eigenvalue weighted by Crippen LogP contribution is 2.58. The van der Waals surface area contributed by atoms with E-state index in [4.69, 9.17) is 24.2 Å². The summed E-state index contributed by atoms with van der Waals surface area (Å²) in [6.45, 7) is 5.65. The van der Waals surface area contributed by atoms with E-state index in [1.54, 1.807) is 0 Å². The van der Waals surface area contributed by atoms with Crippen LogP contribution < -0.4 is 10.6 Å². The first-order valence-electron chi connectivity index (χ1n) is 23.2. The van der Waals surface area contributed by atoms with Gasteiger partial charge in [0.05, 0.1) is 50.1 Å². The van der Waals surface area contributed by atoms with E-state index in [-0.39, 0.29) is 47.2 Å². The minimum Gasteiger partial charge on any atom is -0.453 e. The molecule has 3 aliphatic heterocycles. The number of aromatic amines is 2. The van der Waals surface area contributed by atoms with Gasteiger partial charge in [0.25, 0.3) is 0 Å². The Labute approximate surface area is 378 Å². The van der Waals surface area contributed by atoms with E-state index in [1.807, 2.05) is 36.0 Å². The van der Waals surface area contributed by atoms with E-state index >= 15 is 0 Å². The molecule has 3 aromatic carbocycles. The van der Waals surface area contributed by atoms with E-state index in [9.17, 15) is 19.2 Å². The van der Waals surface area contributed by atoms with Crippen LogP contribution in [0.4, 0.5) is 9.59 Å². The standard InChI is InChI=1S/C50H58N8O7/c1-28(2)41(55-48(61)63-3)46(59)57-27-50(17-18-50)24-40(57)44-51-26-39(53-44)35-12-11-33-21-32(9-10-34(33)22-35)29-5-7-30(8-6-29)38-25-52-45(54-38)43-36-13-14-37(23-36)58(43)47(60)42(56-49(62)64-4)31-15-19-65-20-16-31/h5-12,21-22,25-26,28,31,36-37,40-43H,13-20,23-24,27H2,1-4H3,(H,51,53)(H,52,54)(H,55,61)(H,56,62)/t36-,37+,40-,41?,42-,43-/m0/s1. The Bertz CT molecular complexity index is 2590. The average molecular weight is 883 g/mol. The number of nitrogens with one attached hydrogen (secondary N) is 4. The van der Waals surface area contributed by atoms with Crippen molar-refractivity contribution in [1.29, 1.82) is 0 Å². The first kappa shape index (κ1) is 42.7. The number of alkyl carbamates (subject to hydrolysis) is 2. The van der Waals surface area contributed by atoms with Gasteiger partial charge >= 0.3 is 12.2 Å². The van der Waals surface area contributed by atoms with Gasteiger partial charge in [-0.1, -0.05) is 62.4 Å². The lowest BCUT2D eigenvalue weighted by Gasteiger charge is -2.39. The summed E-state index contributed by atoms with van der Waals surface area (Å²) in [7, 11) is 2.63. The molecular formula is C50H58N8O7. The number of amides is 4. The number of rotatable bonds is 11. The van der Waals surface area contributed by atoms with E-state index in [0.29, 0.717) is 38.5 Å². The van der Waals surface area contributed by atoms with E-state index < -0.39 is 24.3 Å². The monoisotopic (exact) mass is 882 g/mol. The van der Waals surface area contributed by atoms with Crippen LogP contribution in [0.2, 0.25) is 0 Å². The van der Waals surface area contributed by atoms with Crippen LogP contribution in [0.25, 0.3) is 44.4 Å². The van der Waals surface area contributed by atoms with E-state index in [0.717, 1.165) is 94.6 Å². The number of carbonyl (C=O) groups excluding carboxylic acids is 4. The fraction of sp³-hybridized carbons (Fsp3) is 0.480. The van der Waals surface area contributed by atoms with Crippen molar-refractivity contribution in [1.82, 2.24) is 40.4 Å². The fourth-order valence-corrected chi connectivity index (χ4v) is 11.1. The maximum atomic E-state index is 14.4. The van der Waals surface area contributed by atoms with Gasteiger partial charge in [0.2, 0.25) is 11.8 Å². The van der Waals surface area contributed by atoms with Gasteiger partial charge in [-0.3, -0.25) is 9.59 Å². The molecule has 2 aromatic heterocycles. The molecule has 5 heterocycles. The first-order valence-corrected chi connectivity index (χ1v) is 23.2. The van der Waals surface area contributed by atoms with Crippen LogP contribution in [0.3, 0.4) is 0 Å². The number of aromatic nitrogens is 4. The van der Waals surface area contributed by atoms with Crippen LogP contribution in [-0.4, -0.2) is 106 Å². The Balaban J connectivity index is 0.832. The zero-order valence-corrected chi connectivity index (χ0v) is 37.5. The zero-order valence-electron chi connectivity index (χ0n) is 37.5. The highest BCUT2D eigenvalue weighted by Gasteiger charge is 2.55. The van der Waals surface area contributed by atoms with Gasteiger partial charge in [-0.25, -0.2) is 19.6 Å². The molecular weight excluding hydrogens is 825 g/mol. The fourth-order valence-electron chi connectivity index (χ4n) is 11.1. The van der Waals surface area contributed by atoms with Crippen LogP contribution in [0.5, 0.6) is 0 Å². The van der Waals surface area contributed by atoms with Gasteiger partial charge in [0.15, 0.2) is 0 Å². The molecule has 65 heavy (non-hydrogen) atoms. The lowest BCUT2D eigenvalue weighted by atomic mass is 9.89. The molecule has 2 saturated carbocycles. The molecule has 3 saturated heterocycles. The molecule has 1 unspecified atom stereocenters. The number of likely N-dealkylation sites (tertiary alicyclic amines) is 2. The number of nitrogens with zero attached hydrogens (tertiary/aromatic N) is 4. The summed E-state index contributed by atoms with van der Waals surface area (Å²) in [5.41, 5.74) is 6.08. The molecule has 5 aromatic rings. The van der Waals surface area contributed by atoms with Crippen LogP contribution in [0, 0.1) is 23.2 Å². The summed E-state index contributed by atoms with van der Waals surface area (Å²) in [4.78, 5) is 73.6. The predicted molar refractivity (Wildman–Crippen MR) is 243 cm³/mol. The van der Waals surface area contributed by atoms with Crippen LogP contribution >= 0.6 is 0 Å². The van der Waals surface area contributed by atoms with Gasteiger partial charge in [-0.05, 0) is 114 Å². The Kier molecular flexibility index (Phi) is 11.4. The van der Waals surface area contributed by atoms with Crippen molar-refractivity contribution in [3.05, 3.63) is 84.7 Å². The van der Waals surface area contributed by atoms with Crippen molar-refractivity contribution in [3.8, 4) is 33.6 Å². The molecule has 2 bridgehead atoms. The molecule has 340 valence electrons. The van der Waals surface area contributed by atoms with Gasteiger partial charge in [-0.15, -0.1) is 0 Å². The van der Waals surface area contributed by atoms with Crippen LogP contribution in [-0.2, 0) is 23.8 Å². The summed E-state index contributed by atoms with van der Waals surface area (Å²) < 4.78 is 15.3.